The van der Waals surface area contributed by atoms with Gasteiger partial charge in [0.15, 0.2) is 0 Å². The number of amides is 3. The lowest BCUT2D eigenvalue weighted by atomic mass is 10.2. The van der Waals surface area contributed by atoms with Crippen molar-refractivity contribution < 1.29 is 14.4 Å². The first-order chi connectivity index (χ1) is 13.8. The van der Waals surface area contributed by atoms with Crippen molar-refractivity contribution in [3.8, 4) is 0 Å². The number of imide groups is 1. The van der Waals surface area contributed by atoms with Gasteiger partial charge in [0.05, 0.1) is 4.91 Å². The molecule has 1 saturated heterocycles. The van der Waals surface area contributed by atoms with Crippen molar-refractivity contribution in [3.05, 3.63) is 59.5 Å². The SMILES string of the molecule is Cc1csc(=O)n1CC(=O)NCCN1C(=O)S/C(=C\c2ccc(Cl)cc2Cl)C1=O. The van der Waals surface area contributed by atoms with Gasteiger partial charge in [-0.1, -0.05) is 40.6 Å². The summed E-state index contributed by atoms with van der Waals surface area (Å²) in [5.41, 5.74) is 1.28. The quantitative estimate of drug-likeness (QED) is 0.652. The highest BCUT2D eigenvalue weighted by atomic mass is 35.5. The van der Waals surface area contributed by atoms with E-state index < -0.39 is 11.1 Å². The largest absolute Gasteiger partial charge is 0.353 e. The van der Waals surface area contributed by atoms with Gasteiger partial charge in [-0.25, -0.2) is 0 Å². The summed E-state index contributed by atoms with van der Waals surface area (Å²) in [7, 11) is 0. The van der Waals surface area contributed by atoms with Gasteiger partial charge >= 0.3 is 4.87 Å². The number of halogens is 2. The molecule has 0 radical (unpaired) electrons. The van der Waals surface area contributed by atoms with Crippen LogP contribution < -0.4 is 10.2 Å². The molecule has 0 saturated carbocycles. The molecule has 2 aromatic rings. The second kappa shape index (κ2) is 9.17. The molecule has 1 N–H and O–H groups in total. The van der Waals surface area contributed by atoms with Gasteiger partial charge in [-0.15, -0.1) is 0 Å². The minimum absolute atomic E-state index is 0.0274. The Morgan fingerprint density at radius 1 is 1.24 bits per heavy atom. The highest BCUT2D eigenvalue weighted by molar-refractivity contribution is 8.18. The second-order valence-electron chi connectivity index (χ2n) is 6.08. The van der Waals surface area contributed by atoms with E-state index in [1.54, 1.807) is 30.5 Å². The molecule has 1 aliphatic heterocycles. The molecule has 2 heterocycles. The second-order valence-corrected chi connectivity index (χ2v) is 8.74. The summed E-state index contributed by atoms with van der Waals surface area (Å²) in [6.45, 7) is 1.75. The Morgan fingerprint density at radius 3 is 2.66 bits per heavy atom. The van der Waals surface area contributed by atoms with Crippen LogP contribution in [0.3, 0.4) is 0 Å². The van der Waals surface area contributed by atoms with Crippen molar-refractivity contribution in [2.75, 3.05) is 13.1 Å². The zero-order valence-corrected chi connectivity index (χ0v) is 18.3. The normalized spacial score (nSPS) is 15.4. The van der Waals surface area contributed by atoms with Crippen LogP contribution in [0.2, 0.25) is 10.0 Å². The summed E-state index contributed by atoms with van der Waals surface area (Å²) in [6, 6.07) is 4.85. The smallest absolute Gasteiger partial charge is 0.307 e. The maximum atomic E-state index is 12.5. The topological polar surface area (TPSA) is 88.5 Å². The van der Waals surface area contributed by atoms with Crippen LogP contribution in [0.4, 0.5) is 4.79 Å². The van der Waals surface area contributed by atoms with Gasteiger partial charge < -0.3 is 5.32 Å². The molecule has 3 rings (SSSR count). The molecule has 29 heavy (non-hydrogen) atoms. The number of aryl methyl sites for hydroxylation is 1. The highest BCUT2D eigenvalue weighted by Gasteiger charge is 2.34. The fourth-order valence-electron chi connectivity index (χ4n) is 2.56. The zero-order chi connectivity index (χ0) is 21.1. The molecule has 0 unspecified atom stereocenters. The van der Waals surface area contributed by atoms with Crippen LogP contribution in [-0.2, 0) is 16.1 Å². The number of rotatable bonds is 6. The standard InChI is InChI=1S/C18H15Cl2N3O4S2/c1-10-9-28-17(26)23(10)8-15(24)21-4-5-22-16(25)14(29-18(22)27)6-11-2-3-12(19)7-13(11)20/h2-3,6-7,9H,4-5,8H2,1H3,(H,21,24)/b14-6-. The van der Waals surface area contributed by atoms with Crippen molar-refractivity contribution in [1.82, 2.24) is 14.8 Å². The summed E-state index contributed by atoms with van der Waals surface area (Å²) in [5, 5.41) is 4.71. The van der Waals surface area contributed by atoms with Crippen LogP contribution in [0.15, 0.2) is 33.3 Å². The molecule has 1 aliphatic rings. The molecule has 1 aromatic carbocycles. The van der Waals surface area contributed by atoms with E-state index in [-0.39, 0.29) is 35.3 Å². The minimum Gasteiger partial charge on any atom is -0.353 e. The van der Waals surface area contributed by atoms with Gasteiger partial charge in [0, 0.05) is 34.2 Å². The van der Waals surface area contributed by atoms with Crippen LogP contribution in [0.1, 0.15) is 11.3 Å². The van der Waals surface area contributed by atoms with Gasteiger partial charge in [0.2, 0.25) is 5.91 Å². The number of nitrogens with one attached hydrogen (secondary N) is 1. The molecule has 0 bridgehead atoms. The Labute approximate surface area is 184 Å². The first kappa shape index (κ1) is 21.6. The molecule has 0 spiro atoms. The highest BCUT2D eigenvalue weighted by Crippen LogP contribution is 2.33. The fraction of sp³-hybridized carbons (Fsp3) is 0.222. The number of hydrogen-bond donors (Lipinski definition) is 1. The molecular formula is C18H15Cl2N3O4S2. The van der Waals surface area contributed by atoms with Gasteiger partial charge in [-0.05, 0) is 42.5 Å². The van der Waals surface area contributed by atoms with Gasteiger partial charge in [0.1, 0.15) is 6.54 Å². The van der Waals surface area contributed by atoms with Crippen molar-refractivity contribution in [3.63, 3.8) is 0 Å². The minimum atomic E-state index is -0.454. The molecule has 0 atom stereocenters. The van der Waals surface area contributed by atoms with E-state index in [9.17, 15) is 19.2 Å². The number of benzene rings is 1. The van der Waals surface area contributed by atoms with Gasteiger partial charge in [-0.2, -0.15) is 0 Å². The summed E-state index contributed by atoms with van der Waals surface area (Å²) in [5.74, 6) is -0.825. The molecule has 0 aliphatic carbocycles. The van der Waals surface area contributed by atoms with Crippen LogP contribution in [-0.4, -0.2) is 39.6 Å². The Balaban J connectivity index is 1.58. The number of thiazole rings is 1. The van der Waals surface area contributed by atoms with E-state index >= 15 is 0 Å². The number of hydrogen-bond acceptors (Lipinski definition) is 6. The molecule has 7 nitrogen and oxygen atoms in total. The monoisotopic (exact) mass is 471 g/mol. The van der Waals surface area contributed by atoms with Crippen molar-refractivity contribution >= 4 is 69.4 Å². The van der Waals surface area contributed by atoms with E-state index in [1.807, 2.05) is 0 Å². The van der Waals surface area contributed by atoms with Crippen LogP contribution >= 0.6 is 46.3 Å². The van der Waals surface area contributed by atoms with E-state index in [2.05, 4.69) is 5.32 Å². The van der Waals surface area contributed by atoms with Gasteiger partial charge in [0.25, 0.3) is 11.1 Å². The van der Waals surface area contributed by atoms with E-state index in [4.69, 9.17) is 23.2 Å². The lowest BCUT2D eigenvalue weighted by Crippen LogP contribution is -2.39. The predicted molar refractivity (Wildman–Crippen MR) is 115 cm³/mol. The first-order valence-corrected chi connectivity index (χ1v) is 10.8. The third-order valence-corrected chi connectivity index (χ3v) is 6.41. The molecule has 152 valence electrons. The maximum Gasteiger partial charge on any atom is 0.307 e. The molecular weight excluding hydrogens is 457 g/mol. The number of nitrogens with zero attached hydrogens (tertiary/aromatic N) is 2. The van der Waals surface area contributed by atoms with Crippen molar-refractivity contribution in [1.29, 1.82) is 0 Å². The Morgan fingerprint density at radius 2 is 2.00 bits per heavy atom. The van der Waals surface area contributed by atoms with Crippen molar-refractivity contribution in [2.45, 2.75) is 13.5 Å². The van der Waals surface area contributed by atoms with E-state index in [1.165, 1.54) is 10.6 Å². The van der Waals surface area contributed by atoms with Gasteiger partial charge in [-0.3, -0.25) is 28.6 Å². The summed E-state index contributed by atoms with van der Waals surface area (Å²) < 4.78 is 1.36. The average molecular weight is 472 g/mol. The Bertz CT molecular complexity index is 1080. The molecule has 3 amide bonds. The molecule has 1 aromatic heterocycles. The Hall–Kier alpha value is -2.07. The third kappa shape index (κ3) is 5.11. The first-order valence-electron chi connectivity index (χ1n) is 8.38. The number of carbonyl (C=O) groups is 3. The Kier molecular flexibility index (Phi) is 6.84. The lowest BCUT2D eigenvalue weighted by molar-refractivity contribution is -0.124. The maximum absolute atomic E-state index is 12.5. The number of carbonyl (C=O) groups excluding carboxylic acids is 3. The lowest BCUT2D eigenvalue weighted by Gasteiger charge is -2.13. The third-order valence-electron chi connectivity index (χ3n) is 4.06. The summed E-state index contributed by atoms with van der Waals surface area (Å²) >= 11 is 13.8. The fourth-order valence-corrected chi connectivity index (χ4v) is 4.61. The average Bonchev–Trinajstić information content (AvgIpc) is 3.11. The van der Waals surface area contributed by atoms with E-state index in [0.29, 0.717) is 21.3 Å². The summed E-state index contributed by atoms with van der Waals surface area (Å²) in [4.78, 5) is 49.4. The summed E-state index contributed by atoms with van der Waals surface area (Å²) in [6.07, 6.45) is 1.54. The van der Waals surface area contributed by atoms with Crippen LogP contribution in [0.5, 0.6) is 0 Å². The van der Waals surface area contributed by atoms with Crippen molar-refractivity contribution in [2.24, 2.45) is 0 Å². The predicted octanol–water partition coefficient (Wildman–Crippen LogP) is 3.38. The number of aromatic nitrogens is 1. The molecule has 11 heteroatoms. The zero-order valence-electron chi connectivity index (χ0n) is 15.1. The molecule has 1 fully saturated rings. The van der Waals surface area contributed by atoms with Crippen LogP contribution in [0.25, 0.3) is 6.08 Å². The van der Waals surface area contributed by atoms with E-state index in [0.717, 1.165) is 28.0 Å². The van der Waals surface area contributed by atoms with Crippen LogP contribution in [0, 0.1) is 6.92 Å². The number of thioether (sulfide) groups is 1.